The van der Waals surface area contributed by atoms with Crippen molar-refractivity contribution in [3.05, 3.63) is 28.8 Å². The van der Waals surface area contributed by atoms with Crippen molar-refractivity contribution in [1.82, 2.24) is 10.2 Å². The van der Waals surface area contributed by atoms with E-state index in [4.69, 9.17) is 4.74 Å². The summed E-state index contributed by atoms with van der Waals surface area (Å²) >= 11 is 0. The lowest BCUT2D eigenvalue weighted by Gasteiger charge is -2.28. The van der Waals surface area contributed by atoms with Crippen molar-refractivity contribution < 1.29 is 9.53 Å². The van der Waals surface area contributed by atoms with Gasteiger partial charge in [-0.1, -0.05) is 6.07 Å². The minimum absolute atomic E-state index is 0.187. The van der Waals surface area contributed by atoms with E-state index in [1.807, 2.05) is 24.8 Å². The maximum absolute atomic E-state index is 12.3. The highest BCUT2D eigenvalue weighted by molar-refractivity contribution is 5.80. The van der Waals surface area contributed by atoms with Gasteiger partial charge in [-0.2, -0.15) is 0 Å². The minimum atomic E-state index is 0.187. The molecule has 19 heavy (non-hydrogen) atoms. The first-order chi connectivity index (χ1) is 9.11. The van der Waals surface area contributed by atoms with Crippen LogP contribution >= 0.6 is 0 Å². The van der Waals surface area contributed by atoms with Crippen LogP contribution in [0.5, 0.6) is 5.75 Å². The van der Waals surface area contributed by atoms with Crippen molar-refractivity contribution in [3.8, 4) is 5.75 Å². The van der Waals surface area contributed by atoms with E-state index in [2.05, 4.69) is 11.4 Å². The van der Waals surface area contributed by atoms with Crippen molar-refractivity contribution in [1.29, 1.82) is 0 Å². The molecule has 0 radical (unpaired) electrons. The van der Waals surface area contributed by atoms with Crippen LogP contribution in [0.2, 0.25) is 0 Å². The summed E-state index contributed by atoms with van der Waals surface area (Å²) in [5, 5.41) is 3.26. The highest BCUT2D eigenvalue weighted by atomic mass is 16.5. The summed E-state index contributed by atoms with van der Waals surface area (Å²) < 4.78 is 5.41. The fourth-order valence-electron chi connectivity index (χ4n) is 2.54. The van der Waals surface area contributed by atoms with E-state index < -0.39 is 0 Å². The van der Waals surface area contributed by atoms with Crippen LogP contribution in [0.1, 0.15) is 16.7 Å². The lowest BCUT2D eigenvalue weighted by atomic mass is 10.0. The van der Waals surface area contributed by atoms with Gasteiger partial charge in [-0.05, 0) is 31.0 Å². The number of aryl methyl sites for hydroxylation is 2. The Morgan fingerprint density at radius 3 is 2.63 bits per heavy atom. The predicted molar refractivity (Wildman–Crippen MR) is 75.6 cm³/mol. The van der Waals surface area contributed by atoms with Crippen LogP contribution in [0.4, 0.5) is 0 Å². The maximum Gasteiger partial charge on any atom is 0.227 e. The van der Waals surface area contributed by atoms with Crippen molar-refractivity contribution in [2.75, 3.05) is 33.3 Å². The quantitative estimate of drug-likeness (QED) is 0.892. The summed E-state index contributed by atoms with van der Waals surface area (Å²) in [6.07, 6.45) is 0.426. The second-order valence-corrected chi connectivity index (χ2v) is 5.07. The van der Waals surface area contributed by atoms with E-state index in [1.54, 1.807) is 7.11 Å². The smallest absolute Gasteiger partial charge is 0.227 e. The second-order valence-electron chi connectivity index (χ2n) is 5.07. The number of carbonyl (C=O) groups excluding carboxylic acids is 1. The van der Waals surface area contributed by atoms with Crippen molar-refractivity contribution in [2.24, 2.45) is 0 Å². The predicted octanol–water partition coefficient (Wildman–Crippen LogP) is 1.29. The molecule has 0 bridgehead atoms. The number of ether oxygens (including phenoxy) is 1. The van der Waals surface area contributed by atoms with Gasteiger partial charge >= 0.3 is 0 Å². The highest BCUT2D eigenvalue weighted by Crippen LogP contribution is 2.25. The van der Waals surface area contributed by atoms with Crippen LogP contribution < -0.4 is 10.1 Å². The molecule has 1 aromatic rings. The van der Waals surface area contributed by atoms with E-state index >= 15 is 0 Å². The number of rotatable bonds is 3. The maximum atomic E-state index is 12.3. The molecule has 1 aromatic carbocycles. The Morgan fingerprint density at radius 2 is 2.00 bits per heavy atom. The molecule has 0 atom stereocenters. The number of hydrogen-bond donors (Lipinski definition) is 1. The molecule has 1 fully saturated rings. The molecule has 0 aromatic heterocycles. The molecular weight excluding hydrogens is 240 g/mol. The Labute approximate surface area is 114 Å². The Hall–Kier alpha value is -1.55. The van der Waals surface area contributed by atoms with Gasteiger partial charge in [-0.15, -0.1) is 0 Å². The standard InChI is InChI=1S/C15H22N2O2/c1-11-8-12(2)13(14(9-11)19-3)10-15(18)17-6-4-16-5-7-17/h8-9,16H,4-7,10H2,1-3H3. The topological polar surface area (TPSA) is 41.6 Å². The highest BCUT2D eigenvalue weighted by Gasteiger charge is 2.19. The molecule has 1 aliphatic rings. The van der Waals surface area contributed by atoms with Gasteiger partial charge in [0.05, 0.1) is 13.5 Å². The number of piperazine rings is 1. The number of amides is 1. The Morgan fingerprint density at radius 1 is 1.32 bits per heavy atom. The van der Waals surface area contributed by atoms with Crippen LogP contribution in [0, 0.1) is 13.8 Å². The third-order valence-electron chi connectivity index (χ3n) is 3.59. The van der Waals surface area contributed by atoms with Crippen LogP contribution in [0.25, 0.3) is 0 Å². The average Bonchev–Trinajstić information content (AvgIpc) is 2.42. The molecule has 4 heteroatoms. The van der Waals surface area contributed by atoms with Gasteiger partial charge in [0.2, 0.25) is 5.91 Å². The second kappa shape index (κ2) is 6.06. The largest absolute Gasteiger partial charge is 0.496 e. The van der Waals surface area contributed by atoms with Gasteiger partial charge in [0, 0.05) is 31.7 Å². The number of methoxy groups -OCH3 is 1. The van der Waals surface area contributed by atoms with Gasteiger partial charge in [0.25, 0.3) is 0 Å². The zero-order valence-corrected chi connectivity index (χ0v) is 12.0. The molecule has 1 heterocycles. The summed E-state index contributed by atoms with van der Waals surface area (Å²) in [5.41, 5.74) is 3.30. The van der Waals surface area contributed by atoms with Gasteiger partial charge < -0.3 is 15.0 Å². The monoisotopic (exact) mass is 262 g/mol. The molecule has 0 spiro atoms. The van der Waals surface area contributed by atoms with E-state index in [9.17, 15) is 4.79 Å². The zero-order chi connectivity index (χ0) is 13.8. The van der Waals surface area contributed by atoms with E-state index in [0.29, 0.717) is 6.42 Å². The van der Waals surface area contributed by atoms with Crippen molar-refractivity contribution in [2.45, 2.75) is 20.3 Å². The summed E-state index contributed by atoms with van der Waals surface area (Å²) in [5.74, 6) is 1.01. The lowest BCUT2D eigenvalue weighted by Crippen LogP contribution is -2.47. The van der Waals surface area contributed by atoms with E-state index in [1.165, 1.54) is 0 Å². The van der Waals surface area contributed by atoms with Crippen molar-refractivity contribution >= 4 is 5.91 Å². The van der Waals surface area contributed by atoms with Crippen LogP contribution in [-0.4, -0.2) is 44.1 Å². The lowest BCUT2D eigenvalue weighted by molar-refractivity contribution is -0.131. The fraction of sp³-hybridized carbons (Fsp3) is 0.533. The number of benzene rings is 1. The van der Waals surface area contributed by atoms with Gasteiger partial charge in [0.1, 0.15) is 5.75 Å². The van der Waals surface area contributed by atoms with Crippen LogP contribution in [0.15, 0.2) is 12.1 Å². The average molecular weight is 262 g/mol. The number of nitrogens with one attached hydrogen (secondary N) is 1. The molecule has 1 N–H and O–H groups in total. The molecule has 2 rings (SSSR count). The molecule has 1 aliphatic heterocycles. The first-order valence-corrected chi connectivity index (χ1v) is 6.74. The molecule has 104 valence electrons. The first kappa shape index (κ1) is 13.9. The third kappa shape index (κ3) is 3.26. The fourth-order valence-corrected chi connectivity index (χ4v) is 2.54. The van der Waals surface area contributed by atoms with Crippen LogP contribution in [-0.2, 0) is 11.2 Å². The summed E-state index contributed by atoms with van der Waals surface area (Å²) in [7, 11) is 1.66. The molecule has 1 saturated heterocycles. The molecule has 0 unspecified atom stereocenters. The third-order valence-corrected chi connectivity index (χ3v) is 3.59. The van der Waals surface area contributed by atoms with Gasteiger partial charge in [0.15, 0.2) is 0 Å². The van der Waals surface area contributed by atoms with Crippen molar-refractivity contribution in [3.63, 3.8) is 0 Å². The Balaban J connectivity index is 2.15. The van der Waals surface area contributed by atoms with Crippen LogP contribution in [0.3, 0.4) is 0 Å². The Bertz CT molecular complexity index is 465. The van der Waals surface area contributed by atoms with E-state index in [0.717, 1.165) is 48.6 Å². The summed E-state index contributed by atoms with van der Waals surface area (Å²) in [4.78, 5) is 14.2. The minimum Gasteiger partial charge on any atom is -0.496 e. The first-order valence-electron chi connectivity index (χ1n) is 6.74. The molecule has 0 saturated carbocycles. The molecule has 4 nitrogen and oxygen atoms in total. The number of carbonyl (C=O) groups is 1. The summed E-state index contributed by atoms with van der Waals surface area (Å²) in [6.45, 7) is 7.44. The normalized spacial score (nSPS) is 15.4. The zero-order valence-electron chi connectivity index (χ0n) is 12.0. The SMILES string of the molecule is COc1cc(C)cc(C)c1CC(=O)N1CCNCC1. The molecule has 1 amide bonds. The summed E-state index contributed by atoms with van der Waals surface area (Å²) in [6, 6.07) is 4.09. The molecule has 0 aliphatic carbocycles. The Kier molecular flexibility index (Phi) is 4.43. The van der Waals surface area contributed by atoms with Gasteiger partial charge in [-0.25, -0.2) is 0 Å². The van der Waals surface area contributed by atoms with Gasteiger partial charge in [-0.3, -0.25) is 4.79 Å². The molecular formula is C15H22N2O2. The number of nitrogens with zero attached hydrogens (tertiary/aromatic N) is 1. The number of hydrogen-bond acceptors (Lipinski definition) is 3. The van der Waals surface area contributed by atoms with E-state index in [-0.39, 0.29) is 5.91 Å².